The van der Waals surface area contributed by atoms with Crippen LogP contribution in [-0.4, -0.2) is 25.7 Å². The van der Waals surface area contributed by atoms with Crippen LogP contribution in [0.25, 0.3) is 0 Å². The average Bonchev–Trinajstić information content (AvgIpc) is 2.00. The Labute approximate surface area is 75.4 Å². The highest BCUT2D eigenvalue weighted by molar-refractivity contribution is 4.82. The van der Waals surface area contributed by atoms with E-state index in [4.69, 9.17) is 0 Å². The summed E-state index contributed by atoms with van der Waals surface area (Å²) in [6.07, 6.45) is 4.62. The topological polar surface area (TPSA) is 24.1 Å². The van der Waals surface area contributed by atoms with E-state index < -0.39 is 0 Å². The van der Waals surface area contributed by atoms with E-state index in [2.05, 4.69) is 24.1 Å². The van der Waals surface area contributed by atoms with E-state index in [1.54, 1.807) is 0 Å². The zero-order valence-electron chi connectivity index (χ0n) is 7.97. The first kappa shape index (κ1) is 9.75. The average molecular weight is 168 g/mol. The Kier molecular flexibility index (Phi) is 4.33. The lowest BCUT2D eigenvalue weighted by Gasteiger charge is -2.33. The molecule has 0 amide bonds. The molecule has 1 saturated carbocycles. The highest BCUT2D eigenvalue weighted by atomic mass is 15.0. The van der Waals surface area contributed by atoms with E-state index in [0.29, 0.717) is 0 Å². The standard InChI is InChI=1S/C10H20N2/c1-3-4-11-5-6-12-10-7-9(2)8-10/h3,9-12H,1,4-8H2,2H3. The summed E-state index contributed by atoms with van der Waals surface area (Å²) in [6.45, 7) is 9.02. The second-order valence-electron chi connectivity index (χ2n) is 3.72. The van der Waals surface area contributed by atoms with Crippen molar-refractivity contribution in [1.82, 2.24) is 10.6 Å². The van der Waals surface area contributed by atoms with E-state index in [9.17, 15) is 0 Å². The number of hydrogen-bond acceptors (Lipinski definition) is 2. The van der Waals surface area contributed by atoms with Gasteiger partial charge in [0.1, 0.15) is 0 Å². The first-order valence-corrected chi connectivity index (χ1v) is 4.88. The predicted molar refractivity (Wildman–Crippen MR) is 53.3 cm³/mol. The molecule has 0 saturated heterocycles. The first-order valence-electron chi connectivity index (χ1n) is 4.88. The van der Waals surface area contributed by atoms with Gasteiger partial charge in [0, 0.05) is 25.7 Å². The molecule has 12 heavy (non-hydrogen) atoms. The van der Waals surface area contributed by atoms with Gasteiger partial charge in [0.2, 0.25) is 0 Å². The van der Waals surface area contributed by atoms with Gasteiger partial charge >= 0.3 is 0 Å². The molecule has 0 aliphatic heterocycles. The summed E-state index contributed by atoms with van der Waals surface area (Å²) in [5.41, 5.74) is 0. The second kappa shape index (κ2) is 5.33. The van der Waals surface area contributed by atoms with Crippen molar-refractivity contribution in [2.45, 2.75) is 25.8 Å². The molecule has 0 spiro atoms. The van der Waals surface area contributed by atoms with E-state index >= 15 is 0 Å². The molecule has 2 heteroatoms. The highest BCUT2D eigenvalue weighted by Gasteiger charge is 2.23. The lowest BCUT2D eigenvalue weighted by atomic mass is 9.82. The third kappa shape index (κ3) is 3.37. The van der Waals surface area contributed by atoms with Crippen LogP contribution in [0.2, 0.25) is 0 Å². The van der Waals surface area contributed by atoms with Crippen LogP contribution in [0.1, 0.15) is 19.8 Å². The molecule has 1 aliphatic carbocycles. The van der Waals surface area contributed by atoms with Crippen LogP contribution in [0.5, 0.6) is 0 Å². The van der Waals surface area contributed by atoms with Crippen molar-refractivity contribution in [2.75, 3.05) is 19.6 Å². The molecular weight excluding hydrogens is 148 g/mol. The van der Waals surface area contributed by atoms with Crippen molar-refractivity contribution < 1.29 is 0 Å². The van der Waals surface area contributed by atoms with Crippen LogP contribution in [0, 0.1) is 5.92 Å². The lowest BCUT2D eigenvalue weighted by molar-refractivity contribution is 0.242. The quantitative estimate of drug-likeness (QED) is 0.459. The summed E-state index contributed by atoms with van der Waals surface area (Å²) in [7, 11) is 0. The molecule has 1 aliphatic rings. The third-order valence-electron chi connectivity index (χ3n) is 2.40. The number of hydrogen-bond donors (Lipinski definition) is 2. The molecule has 2 N–H and O–H groups in total. The number of rotatable bonds is 6. The summed E-state index contributed by atoms with van der Waals surface area (Å²) in [5, 5.41) is 6.78. The van der Waals surface area contributed by atoms with Crippen molar-refractivity contribution in [3.63, 3.8) is 0 Å². The summed E-state index contributed by atoms with van der Waals surface area (Å²) in [6, 6.07) is 0.797. The second-order valence-corrected chi connectivity index (χ2v) is 3.72. The molecular formula is C10H20N2. The smallest absolute Gasteiger partial charge is 0.0132 e. The Morgan fingerprint density at radius 2 is 2.17 bits per heavy atom. The highest BCUT2D eigenvalue weighted by Crippen LogP contribution is 2.25. The molecule has 0 atom stereocenters. The molecule has 70 valence electrons. The van der Waals surface area contributed by atoms with Crippen LogP contribution < -0.4 is 10.6 Å². The van der Waals surface area contributed by atoms with E-state index in [-0.39, 0.29) is 0 Å². The van der Waals surface area contributed by atoms with Crippen molar-refractivity contribution in [3.8, 4) is 0 Å². The molecule has 0 radical (unpaired) electrons. The molecule has 0 aromatic rings. The Morgan fingerprint density at radius 3 is 2.75 bits per heavy atom. The maximum absolute atomic E-state index is 3.65. The molecule has 0 unspecified atom stereocenters. The minimum atomic E-state index is 0.797. The Hall–Kier alpha value is -0.340. The summed E-state index contributed by atoms with van der Waals surface area (Å²) >= 11 is 0. The van der Waals surface area contributed by atoms with Gasteiger partial charge in [0.15, 0.2) is 0 Å². The van der Waals surface area contributed by atoms with Crippen LogP contribution in [0.4, 0.5) is 0 Å². The fourth-order valence-corrected chi connectivity index (χ4v) is 1.64. The Bertz CT molecular complexity index is 128. The molecule has 0 aromatic heterocycles. The Morgan fingerprint density at radius 1 is 1.42 bits per heavy atom. The third-order valence-corrected chi connectivity index (χ3v) is 2.40. The monoisotopic (exact) mass is 168 g/mol. The van der Waals surface area contributed by atoms with Gasteiger partial charge in [-0.3, -0.25) is 0 Å². The van der Waals surface area contributed by atoms with Gasteiger partial charge in [-0.15, -0.1) is 6.58 Å². The fourth-order valence-electron chi connectivity index (χ4n) is 1.64. The fraction of sp³-hybridized carbons (Fsp3) is 0.800. The Balaban J connectivity index is 1.80. The zero-order chi connectivity index (χ0) is 8.81. The normalized spacial score (nSPS) is 28.1. The van der Waals surface area contributed by atoms with Gasteiger partial charge in [-0.25, -0.2) is 0 Å². The predicted octanol–water partition coefficient (Wildman–Crippen LogP) is 1.15. The maximum Gasteiger partial charge on any atom is 0.0132 e. The zero-order valence-corrected chi connectivity index (χ0v) is 7.97. The first-order chi connectivity index (χ1) is 5.83. The van der Waals surface area contributed by atoms with Gasteiger partial charge in [0.05, 0.1) is 0 Å². The molecule has 0 aromatic carbocycles. The van der Waals surface area contributed by atoms with Crippen molar-refractivity contribution in [3.05, 3.63) is 12.7 Å². The molecule has 0 heterocycles. The minimum Gasteiger partial charge on any atom is -0.313 e. The summed E-state index contributed by atoms with van der Waals surface area (Å²) in [5.74, 6) is 0.948. The minimum absolute atomic E-state index is 0.797. The number of nitrogens with one attached hydrogen (secondary N) is 2. The summed E-state index contributed by atoms with van der Waals surface area (Å²) < 4.78 is 0. The van der Waals surface area contributed by atoms with Crippen LogP contribution in [-0.2, 0) is 0 Å². The van der Waals surface area contributed by atoms with E-state index in [1.807, 2.05) is 6.08 Å². The maximum atomic E-state index is 3.65. The van der Waals surface area contributed by atoms with Crippen molar-refractivity contribution in [2.24, 2.45) is 5.92 Å². The van der Waals surface area contributed by atoms with Gasteiger partial charge in [-0.2, -0.15) is 0 Å². The van der Waals surface area contributed by atoms with Crippen molar-refractivity contribution in [1.29, 1.82) is 0 Å². The molecule has 2 nitrogen and oxygen atoms in total. The molecule has 0 bridgehead atoms. The summed E-state index contributed by atoms with van der Waals surface area (Å²) in [4.78, 5) is 0. The largest absolute Gasteiger partial charge is 0.313 e. The van der Waals surface area contributed by atoms with Gasteiger partial charge in [0.25, 0.3) is 0 Å². The SMILES string of the molecule is C=CCNCCNC1CC(C)C1. The van der Waals surface area contributed by atoms with E-state index in [1.165, 1.54) is 12.8 Å². The van der Waals surface area contributed by atoms with Gasteiger partial charge in [-0.05, 0) is 18.8 Å². The van der Waals surface area contributed by atoms with Crippen LogP contribution >= 0.6 is 0 Å². The van der Waals surface area contributed by atoms with Gasteiger partial charge < -0.3 is 10.6 Å². The van der Waals surface area contributed by atoms with Crippen molar-refractivity contribution >= 4 is 0 Å². The molecule has 1 rings (SSSR count). The van der Waals surface area contributed by atoms with E-state index in [0.717, 1.165) is 31.6 Å². The lowest BCUT2D eigenvalue weighted by Crippen LogP contribution is -2.42. The van der Waals surface area contributed by atoms with Gasteiger partial charge in [-0.1, -0.05) is 13.0 Å². The van der Waals surface area contributed by atoms with Crippen LogP contribution in [0.3, 0.4) is 0 Å². The molecule has 1 fully saturated rings. The van der Waals surface area contributed by atoms with Crippen LogP contribution in [0.15, 0.2) is 12.7 Å².